The van der Waals surface area contributed by atoms with Crippen molar-refractivity contribution in [2.75, 3.05) is 0 Å². The molecule has 0 bridgehead atoms. The number of hydrogen-bond donors (Lipinski definition) is 0. The first kappa shape index (κ1) is 16.9. The average molecular weight is 289 g/mol. The first-order valence-electron chi connectivity index (χ1n) is 8.95. The molecule has 118 valence electrons. The van der Waals surface area contributed by atoms with Gasteiger partial charge >= 0.3 is 0 Å². The van der Waals surface area contributed by atoms with Crippen LogP contribution in [-0.2, 0) is 4.79 Å². The third-order valence-corrected chi connectivity index (χ3v) is 5.98. The highest BCUT2D eigenvalue weighted by atomic mass is 16.2. The number of nitrogens with zero attached hydrogens (tertiary/aromatic N) is 1. The van der Waals surface area contributed by atoms with Crippen LogP contribution in [0.25, 0.3) is 0 Å². The molecule has 1 saturated carbocycles. The molecule has 3 heteroatoms. The highest BCUT2D eigenvalue weighted by molar-refractivity contribution is 6.15. The van der Waals surface area contributed by atoms with Crippen LogP contribution in [0.5, 0.6) is 0 Å². The highest BCUT2D eigenvalue weighted by Gasteiger charge is 2.38. The SMILES string of the molecule is [B]C1(C(C)C)CCCC2CCC(=O)N(C(C)C)C2CCC1. The summed E-state index contributed by atoms with van der Waals surface area (Å²) < 4.78 is 0. The molecule has 1 saturated heterocycles. The van der Waals surface area contributed by atoms with Gasteiger partial charge in [0.2, 0.25) is 5.91 Å². The van der Waals surface area contributed by atoms with Crippen molar-refractivity contribution in [2.24, 2.45) is 11.8 Å². The summed E-state index contributed by atoms with van der Waals surface area (Å²) in [6.07, 6.45) is 8.84. The minimum absolute atomic E-state index is 0.000163. The fraction of sp³-hybridized carbons (Fsp3) is 0.944. The van der Waals surface area contributed by atoms with Crippen molar-refractivity contribution in [1.29, 1.82) is 0 Å². The molecule has 0 aromatic carbocycles. The summed E-state index contributed by atoms with van der Waals surface area (Å²) in [7, 11) is 6.67. The van der Waals surface area contributed by atoms with Gasteiger partial charge < -0.3 is 4.90 Å². The van der Waals surface area contributed by atoms with Gasteiger partial charge in [-0.2, -0.15) is 0 Å². The molecule has 3 atom stereocenters. The topological polar surface area (TPSA) is 20.3 Å². The number of carbonyl (C=O) groups is 1. The van der Waals surface area contributed by atoms with Crippen LogP contribution in [0.2, 0.25) is 5.31 Å². The van der Waals surface area contributed by atoms with Crippen LogP contribution in [0, 0.1) is 11.8 Å². The summed E-state index contributed by atoms with van der Waals surface area (Å²) in [6.45, 7) is 8.84. The van der Waals surface area contributed by atoms with Gasteiger partial charge in [0, 0.05) is 18.5 Å². The van der Waals surface area contributed by atoms with Gasteiger partial charge in [-0.3, -0.25) is 4.79 Å². The number of rotatable bonds is 2. The minimum atomic E-state index is 0.000163. The van der Waals surface area contributed by atoms with Crippen LogP contribution < -0.4 is 0 Å². The third kappa shape index (κ3) is 3.66. The van der Waals surface area contributed by atoms with E-state index in [1.807, 2.05) is 0 Å². The lowest BCUT2D eigenvalue weighted by atomic mass is 9.57. The van der Waals surface area contributed by atoms with Crippen LogP contribution in [0.15, 0.2) is 0 Å². The molecular formula is C18H32BNO. The molecule has 1 aliphatic carbocycles. The maximum Gasteiger partial charge on any atom is 0.223 e. The molecule has 3 unspecified atom stereocenters. The number of likely N-dealkylation sites (tertiary alicyclic amines) is 1. The first-order valence-corrected chi connectivity index (χ1v) is 8.95. The van der Waals surface area contributed by atoms with Gasteiger partial charge in [-0.25, -0.2) is 0 Å². The van der Waals surface area contributed by atoms with E-state index in [0.717, 1.165) is 38.5 Å². The van der Waals surface area contributed by atoms with E-state index in [1.165, 1.54) is 12.8 Å². The van der Waals surface area contributed by atoms with E-state index in [1.54, 1.807) is 0 Å². The zero-order chi connectivity index (χ0) is 15.6. The lowest BCUT2D eigenvalue weighted by Crippen LogP contribution is -2.51. The van der Waals surface area contributed by atoms with Crippen molar-refractivity contribution in [3.63, 3.8) is 0 Å². The molecule has 2 fully saturated rings. The molecule has 2 nitrogen and oxygen atoms in total. The zero-order valence-electron chi connectivity index (χ0n) is 14.4. The zero-order valence-corrected chi connectivity index (χ0v) is 14.4. The first-order chi connectivity index (χ1) is 9.85. The lowest BCUT2D eigenvalue weighted by Gasteiger charge is -2.44. The van der Waals surface area contributed by atoms with Crippen LogP contribution in [0.1, 0.15) is 79.1 Å². The number of hydrogen-bond acceptors (Lipinski definition) is 1. The van der Waals surface area contributed by atoms with E-state index >= 15 is 0 Å². The van der Waals surface area contributed by atoms with Crippen molar-refractivity contribution in [3.8, 4) is 0 Å². The van der Waals surface area contributed by atoms with Crippen molar-refractivity contribution < 1.29 is 4.79 Å². The molecule has 21 heavy (non-hydrogen) atoms. The van der Waals surface area contributed by atoms with Gasteiger partial charge in [0.1, 0.15) is 0 Å². The van der Waals surface area contributed by atoms with Gasteiger partial charge in [0.05, 0.1) is 7.85 Å². The largest absolute Gasteiger partial charge is 0.337 e. The quantitative estimate of drug-likeness (QED) is 0.692. The van der Waals surface area contributed by atoms with E-state index in [2.05, 4.69) is 32.6 Å². The Labute approximate surface area is 132 Å². The molecule has 1 amide bonds. The molecular weight excluding hydrogens is 257 g/mol. The monoisotopic (exact) mass is 289 g/mol. The third-order valence-electron chi connectivity index (χ3n) is 5.98. The Morgan fingerprint density at radius 2 is 1.71 bits per heavy atom. The Hall–Kier alpha value is -0.465. The van der Waals surface area contributed by atoms with Crippen molar-refractivity contribution in [1.82, 2.24) is 4.90 Å². The van der Waals surface area contributed by atoms with Crippen molar-refractivity contribution >= 4 is 13.8 Å². The molecule has 0 aromatic rings. The van der Waals surface area contributed by atoms with Crippen LogP contribution in [0.4, 0.5) is 0 Å². The van der Waals surface area contributed by atoms with Gasteiger partial charge in [-0.15, -0.1) is 0 Å². The second-order valence-corrected chi connectivity index (χ2v) is 7.93. The number of piperidine rings is 1. The lowest BCUT2D eigenvalue weighted by molar-refractivity contribution is -0.141. The second-order valence-electron chi connectivity index (χ2n) is 7.93. The van der Waals surface area contributed by atoms with Crippen molar-refractivity contribution in [2.45, 2.75) is 96.5 Å². The van der Waals surface area contributed by atoms with Crippen LogP contribution in [-0.4, -0.2) is 30.7 Å². The van der Waals surface area contributed by atoms with E-state index in [-0.39, 0.29) is 5.31 Å². The standard InChI is InChI=1S/C18H32BNO/c1-13(2)18(19)11-5-7-15-9-10-17(21)20(14(3)4)16(15)8-6-12-18/h13-16H,5-12H2,1-4H3. The van der Waals surface area contributed by atoms with E-state index in [4.69, 9.17) is 7.85 Å². The molecule has 0 aromatic heterocycles. The number of carbonyl (C=O) groups excluding carboxylic acids is 1. The Morgan fingerprint density at radius 3 is 2.29 bits per heavy atom. The number of amides is 1. The van der Waals surface area contributed by atoms with E-state index < -0.39 is 0 Å². The smallest absolute Gasteiger partial charge is 0.223 e. The van der Waals surface area contributed by atoms with E-state index in [0.29, 0.717) is 29.8 Å². The van der Waals surface area contributed by atoms with Gasteiger partial charge in [-0.1, -0.05) is 44.8 Å². The molecule has 2 radical (unpaired) electrons. The fourth-order valence-electron chi connectivity index (χ4n) is 4.46. The summed E-state index contributed by atoms with van der Waals surface area (Å²) in [5.74, 6) is 1.61. The van der Waals surface area contributed by atoms with Crippen molar-refractivity contribution in [3.05, 3.63) is 0 Å². The molecule has 1 aliphatic heterocycles. The molecule has 2 aliphatic rings. The average Bonchev–Trinajstić information content (AvgIpc) is 2.47. The highest BCUT2D eigenvalue weighted by Crippen LogP contribution is 2.46. The molecule has 2 rings (SSSR count). The summed E-state index contributed by atoms with van der Waals surface area (Å²) >= 11 is 0. The maximum atomic E-state index is 12.3. The summed E-state index contributed by atoms with van der Waals surface area (Å²) in [5.41, 5.74) is 0. The predicted molar refractivity (Wildman–Crippen MR) is 89.5 cm³/mol. The minimum Gasteiger partial charge on any atom is -0.337 e. The number of fused-ring (bicyclic) bond motifs is 1. The summed E-state index contributed by atoms with van der Waals surface area (Å²) in [4.78, 5) is 14.5. The molecule has 1 heterocycles. The Morgan fingerprint density at radius 1 is 1.10 bits per heavy atom. The summed E-state index contributed by atoms with van der Waals surface area (Å²) in [6, 6.07) is 0.791. The fourth-order valence-corrected chi connectivity index (χ4v) is 4.46. The normalized spacial score (nSPS) is 35.3. The second kappa shape index (κ2) is 6.75. The van der Waals surface area contributed by atoms with Gasteiger partial charge in [-0.05, 0) is 44.9 Å². The summed E-state index contributed by atoms with van der Waals surface area (Å²) in [5, 5.41) is 0.000163. The van der Waals surface area contributed by atoms with E-state index in [9.17, 15) is 4.79 Å². The van der Waals surface area contributed by atoms with Crippen LogP contribution in [0.3, 0.4) is 0 Å². The Balaban J connectivity index is 2.13. The maximum absolute atomic E-state index is 12.3. The van der Waals surface area contributed by atoms with Crippen LogP contribution >= 0.6 is 0 Å². The molecule has 0 spiro atoms. The predicted octanol–water partition coefficient (Wildman–Crippen LogP) is 4.34. The van der Waals surface area contributed by atoms with Gasteiger partial charge in [0.15, 0.2) is 0 Å². The Kier molecular flexibility index (Phi) is 5.43. The van der Waals surface area contributed by atoms with Gasteiger partial charge in [0.25, 0.3) is 0 Å². The Bertz CT molecular complexity index is 368. The molecule has 0 N–H and O–H groups in total.